The van der Waals surface area contributed by atoms with Crippen molar-refractivity contribution < 1.29 is 24.1 Å². The highest BCUT2D eigenvalue weighted by molar-refractivity contribution is 5.77. The Morgan fingerprint density at radius 3 is 2.95 bits per heavy atom. The molecule has 0 aliphatic carbocycles. The van der Waals surface area contributed by atoms with Crippen LogP contribution >= 0.6 is 0 Å². The fourth-order valence-corrected chi connectivity index (χ4v) is 2.77. The van der Waals surface area contributed by atoms with Gasteiger partial charge < -0.3 is 19.3 Å². The van der Waals surface area contributed by atoms with E-state index in [1.165, 1.54) is 13.0 Å². The van der Waals surface area contributed by atoms with Crippen LogP contribution in [0.4, 0.5) is 0 Å². The van der Waals surface area contributed by atoms with Gasteiger partial charge in [-0.1, -0.05) is 0 Å². The van der Waals surface area contributed by atoms with Gasteiger partial charge in [0.2, 0.25) is 0 Å². The van der Waals surface area contributed by atoms with Crippen molar-refractivity contribution >= 4 is 11.5 Å². The maximum absolute atomic E-state index is 11.4. The molecule has 1 fully saturated rings. The average Bonchev–Trinajstić information content (AvgIpc) is 2.64. The second kappa shape index (κ2) is 4.24. The zero-order valence-electron chi connectivity index (χ0n) is 11.6. The number of phenols is 1. The summed E-state index contributed by atoms with van der Waals surface area (Å²) in [6.45, 7) is 5.15. The maximum Gasteiger partial charge on any atom is 0.400 e. The zero-order valence-corrected chi connectivity index (χ0v) is 11.6. The van der Waals surface area contributed by atoms with Gasteiger partial charge in [-0.25, -0.2) is 0 Å². The topological polar surface area (TPSA) is 65.0 Å². The Bertz CT molecular complexity index is 619. The summed E-state index contributed by atoms with van der Waals surface area (Å²) in [4.78, 5) is 11.4. The van der Waals surface area contributed by atoms with Crippen molar-refractivity contribution in [2.75, 3.05) is 0 Å². The number of hydrogen-bond acceptors (Lipinski definition) is 5. The SMILES string of the molecule is CC(=O)O[C@]12Oc3cc(O)ccc3C(C)=C1C[C@@H](C)O2. The molecule has 0 aromatic heterocycles. The van der Waals surface area contributed by atoms with E-state index in [1.54, 1.807) is 12.1 Å². The lowest BCUT2D eigenvalue weighted by Gasteiger charge is -2.34. The Balaban J connectivity index is 2.15. The molecule has 106 valence electrons. The van der Waals surface area contributed by atoms with Crippen molar-refractivity contribution in [1.82, 2.24) is 0 Å². The van der Waals surface area contributed by atoms with Gasteiger partial charge >= 0.3 is 11.9 Å². The molecule has 20 heavy (non-hydrogen) atoms. The van der Waals surface area contributed by atoms with Crippen molar-refractivity contribution in [2.24, 2.45) is 0 Å². The van der Waals surface area contributed by atoms with E-state index in [4.69, 9.17) is 14.2 Å². The highest BCUT2D eigenvalue weighted by Crippen LogP contribution is 2.49. The van der Waals surface area contributed by atoms with Crippen molar-refractivity contribution in [3.63, 3.8) is 0 Å². The van der Waals surface area contributed by atoms with Crippen LogP contribution in [0.2, 0.25) is 0 Å². The summed E-state index contributed by atoms with van der Waals surface area (Å²) in [6, 6.07) is 4.88. The molecular formula is C15H16O5. The summed E-state index contributed by atoms with van der Waals surface area (Å²) in [7, 11) is 0. The molecule has 0 radical (unpaired) electrons. The molecule has 0 amide bonds. The summed E-state index contributed by atoms with van der Waals surface area (Å²) < 4.78 is 16.8. The fourth-order valence-electron chi connectivity index (χ4n) is 2.77. The van der Waals surface area contributed by atoms with Gasteiger partial charge in [-0.3, -0.25) is 4.79 Å². The number of allylic oxidation sites excluding steroid dienone is 1. The molecule has 0 saturated carbocycles. The summed E-state index contributed by atoms with van der Waals surface area (Å²) in [5.41, 5.74) is 2.65. The second-order valence-corrected chi connectivity index (χ2v) is 5.17. The van der Waals surface area contributed by atoms with Gasteiger partial charge in [-0.15, -0.1) is 0 Å². The monoisotopic (exact) mass is 276 g/mol. The normalized spacial score (nSPS) is 27.6. The molecule has 2 atom stereocenters. The Labute approximate surface area is 116 Å². The van der Waals surface area contributed by atoms with E-state index in [9.17, 15) is 9.90 Å². The second-order valence-electron chi connectivity index (χ2n) is 5.17. The van der Waals surface area contributed by atoms with Crippen LogP contribution in [0.3, 0.4) is 0 Å². The number of esters is 1. The Kier molecular flexibility index (Phi) is 2.76. The molecule has 1 aromatic carbocycles. The number of fused-ring (bicyclic) bond motifs is 2. The van der Waals surface area contributed by atoms with Crippen LogP contribution in [0.25, 0.3) is 5.57 Å². The van der Waals surface area contributed by atoms with Gasteiger partial charge in [0.25, 0.3) is 0 Å². The molecule has 5 heteroatoms. The smallest absolute Gasteiger partial charge is 0.400 e. The average molecular weight is 276 g/mol. The molecule has 1 aromatic rings. The molecule has 0 bridgehead atoms. The number of hydrogen-bond donors (Lipinski definition) is 1. The van der Waals surface area contributed by atoms with Crippen LogP contribution in [0.15, 0.2) is 23.8 Å². The van der Waals surface area contributed by atoms with Crippen molar-refractivity contribution in [1.29, 1.82) is 0 Å². The number of phenolic OH excluding ortho intramolecular Hbond substituents is 1. The molecular weight excluding hydrogens is 260 g/mol. The van der Waals surface area contributed by atoms with E-state index < -0.39 is 11.9 Å². The first-order valence-electron chi connectivity index (χ1n) is 6.51. The third-order valence-corrected chi connectivity index (χ3v) is 3.56. The highest BCUT2D eigenvalue weighted by atomic mass is 16.9. The van der Waals surface area contributed by atoms with E-state index in [0.29, 0.717) is 12.2 Å². The van der Waals surface area contributed by atoms with E-state index in [0.717, 1.165) is 16.7 Å². The first-order chi connectivity index (χ1) is 9.41. The van der Waals surface area contributed by atoms with E-state index >= 15 is 0 Å². The molecule has 2 aliphatic heterocycles. The van der Waals surface area contributed by atoms with Crippen LogP contribution in [-0.4, -0.2) is 23.2 Å². The Morgan fingerprint density at radius 1 is 1.50 bits per heavy atom. The van der Waals surface area contributed by atoms with Crippen LogP contribution in [0, 0.1) is 0 Å². The predicted octanol–water partition coefficient (Wildman–Crippen LogP) is 2.58. The van der Waals surface area contributed by atoms with Crippen LogP contribution < -0.4 is 4.74 Å². The first-order valence-corrected chi connectivity index (χ1v) is 6.51. The highest BCUT2D eigenvalue weighted by Gasteiger charge is 2.53. The van der Waals surface area contributed by atoms with Crippen LogP contribution in [0.5, 0.6) is 11.5 Å². The summed E-state index contributed by atoms with van der Waals surface area (Å²) in [6.07, 6.45) is 0.529. The molecule has 0 spiro atoms. The van der Waals surface area contributed by atoms with E-state index in [-0.39, 0.29) is 11.9 Å². The van der Waals surface area contributed by atoms with Gasteiger partial charge in [0, 0.05) is 25.0 Å². The number of carbonyl (C=O) groups excluding carboxylic acids is 1. The third kappa shape index (κ3) is 1.86. The molecule has 1 N–H and O–H groups in total. The van der Waals surface area contributed by atoms with Crippen LogP contribution in [-0.2, 0) is 14.3 Å². The number of benzene rings is 1. The molecule has 5 nitrogen and oxygen atoms in total. The van der Waals surface area contributed by atoms with Gasteiger partial charge in [0.15, 0.2) is 0 Å². The van der Waals surface area contributed by atoms with Gasteiger partial charge in [0.1, 0.15) is 11.5 Å². The minimum absolute atomic E-state index is 0.0871. The lowest BCUT2D eigenvalue weighted by molar-refractivity contribution is -0.295. The molecule has 0 unspecified atom stereocenters. The summed E-state index contributed by atoms with van der Waals surface area (Å²) in [5, 5.41) is 9.59. The summed E-state index contributed by atoms with van der Waals surface area (Å²) in [5.74, 6) is -1.44. The van der Waals surface area contributed by atoms with Crippen molar-refractivity contribution in [3.05, 3.63) is 29.3 Å². The number of aromatic hydroxyl groups is 1. The lowest BCUT2D eigenvalue weighted by atomic mass is 9.94. The van der Waals surface area contributed by atoms with E-state index in [1.807, 2.05) is 13.8 Å². The minimum Gasteiger partial charge on any atom is -0.508 e. The zero-order chi connectivity index (χ0) is 14.5. The van der Waals surface area contributed by atoms with Crippen LogP contribution in [0.1, 0.15) is 32.8 Å². The van der Waals surface area contributed by atoms with Crippen molar-refractivity contribution in [2.45, 2.75) is 39.3 Å². The van der Waals surface area contributed by atoms with E-state index in [2.05, 4.69) is 0 Å². The van der Waals surface area contributed by atoms with Gasteiger partial charge in [0.05, 0.1) is 11.7 Å². The Hall–Kier alpha value is -2.01. The Morgan fingerprint density at radius 2 is 2.25 bits per heavy atom. The van der Waals surface area contributed by atoms with Gasteiger partial charge in [-0.05, 0) is 31.6 Å². The predicted molar refractivity (Wildman–Crippen MR) is 71.0 cm³/mol. The maximum atomic E-state index is 11.4. The fraction of sp³-hybridized carbons (Fsp3) is 0.400. The number of carbonyl (C=O) groups is 1. The first kappa shape index (κ1) is 13.0. The molecule has 3 rings (SSSR count). The van der Waals surface area contributed by atoms with Crippen molar-refractivity contribution in [3.8, 4) is 11.5 Å². The number of ether oxygens (including phenoxy) is 3. The lowest BCUT2D eigenvalue weighted by Crippen LogP contribution is -2.44. The molecule has 1 saturated heterocycles. The number of rotatable bonds is 1. The summed E-state index contributed by atoms with van der Waals surface area (Å²) >= 11 is 0. The largest absolute Gasteiger partial charge is 0.508 e. The van der Waals surface area contributed by atoms with Gasteiger partial charge in [-0.2, -0.15) is 0 Å². The minimum atomic E-state index is -1.49. The standard InChI is InChI=1S/C15H16O5/c1-8-6-13-9(2)12-5-4-11(17)7-14(12)20-15(13,18-8)19-10(3)16/h4-5,7-8,17H,6H2,1-3H3/t8-,15+/m1/s1. The third-order valence-electron chi connectivity index (χ3n) is 3.56. The molecule has 2 aliphatic rings. The molecule has 2 heterocycles. The quantitative estimate of drug-likeness (QED) is 0.799.